The van der Waals surface area contributed by atoms with Crippen LogP contribution in [-0.2, 0) is 0 Å². The van der Waals surface area contributed by atoms with Gasteiger partial charge in [-0.25, -0.2) is 4.52 Å². The van der Waals surface area contributed by atoms with Crippen LogP contribution in [0.2, 0.25) is 0 Å². The van der Waals surface area contributed by atoms with E-state index in [2.05, 4.69) is 22.3 Å². The summed E-state index contributed by atoms with van der Waals surface area (Å²) in [6, 6.07) is 0.419. The molecule has 19 heavy (non-hydrogen) atoms. The molecule has 1 atom stereocenters. The lowest BCUT2D eigenvalue weighted by Crippen LogP contribution is -2.22. The number of fused-ring (bicyclic) bond motifs is 1. The average molecular weight is 258 g/mol. The zero-order valence-corrected chi connectivity index (χ0v) is 11.5. The van der Waals surface area contributed by atoms with Crippen molar-refractivity contribution in [1.82, 2.24) is 19.9 Å². The highest BCUT2D eigenvalue weighted by Crippen LogP contribution is 2.36. The van der Waals surface area contributed by atoms with Crippen LogP contribution in [0.3, 0.4) is 0 Å². The molecule has 0 amide bonds. The number of hydrogen-bond donors (Lipinski definition) is 1. The quantitative estimate of drug-likeness (QED) is 0.830. The van der Waals surface area contributed by atoms with Gasteiger partial charge in [-0.05, 0) is 31.7 Å². The largest absolute Gasteiger partial charge is 0.310 e. The lowest BCUT2D eigenvalue weighted by molar-refractivity contribution is 0.472. The zero-order valence-electron chi connectivity index (χ0n) is 11.5. The number of nitrogens with zero attached hydrogens (tertiary/aromatic N) is 3. The van der Waals surface area contributed by atoms with Crippen LogP contribution in [-0.4, -0.2) is 21.1 Å². The summed E-state index contributed by atoms with van der Waals surface area (Å²) in [6.45, 7) is 3.27. The second kappa shape index (κ2) is 5.70. The lowest BCUT2D eigenvalue weighted by atomic mass is 10.0. The predicted molar refractivity (Wildman–Crippen MR) is 76.0 cm³/mol. The van der Waals surface area contributed by atoms with Crippen LogP contribution in [0.4, 0.5) is 0 Å². The second-order valence-corrected chi connectivity index (χ2v) is 5.53. The maximum absolute atomic E-state index is 4.43. The molecule has 0 aromatic carbocycles. The third-order valence-electron chi connectivity index (χ3n) is 3.93. The predicted octanol–water partition coefficient (Wildman–Crippen LogP) is 2.96. The van der Waals surface area contributed by atoms with Crippen molar-refractivity contribution < 1.29 is 0 Å². The molecule has 0 spiro atoms. The van der Waals surface area contributed by atoms with Gasteiger partial charge in [0, 0.05) is 24.0 Å². The van der Waals surface area contributed by atoms with Crippen molar-refractivity contribution in [3.8, 4) is 0 Å². The van der Waals surface area contributed by atoms with Gasteiger partial charge in [0.2, 0.25) is 0 Å². The van der Waals surface area contributed by atoms with Crippen molar-refractivity contribution in [3.63, 3.8) is 0 Å². The highest BCUT2D eigenvalue weighted by Gasteiger charge is 2.24. The van der Waals surface area contributed by atoms with Crippen molar-refractivity contribution in [2.45, 2.75) is 45.1 Å². The van der Waals surface area contributed by atoms with Gasteiger partial charge in [-0.1, -0.05) is 19.8 Å². The van der Waals surface area contributed by atoms with E-state index in [-0.39, 0.29) is 0 Å². The summed E-state index contributed by atoms with van der Waals surface area (Å²) in [5.41, 5.74) is 2.43. The van der Waals surface area contributed by atoms with Crippen molar-refractivity contribution in [3.05, 3.63) is 30.4 Å². The van der Waals surface area contributed by atoms with Crippen molar-refractivity contribution >= 4 is 5.52 Å². The van der Waals surface area contributed by atoms with Crippen LogP contribution < -0.4 is 5.32 Å². The number of rotatable bonds is 7. The standard InChI is InChI=1S/C15H22N4/c1-2-7-17-14(6-5-12-3-4-12)13-10-18-19-9-8-16-11-15(13)19/h8-12,14,17H,2-7H2,1H3. The van der Waals surface area contributed by atoms with Gasteiger partial charge in [-0.3, -0.25) is 4.98 Å². The monoisotopic (exact) mass is 258 g/mol. The van der Waals surface area contributed by atoms with Gasteiger partial charge < -0.3 is 5.32 Å². The van der Waals surface area contributed by atoms with Crippen LogP contribution in [0.1, 0.15) is 50.6 Å². The van der Waals surface area contributed by atoms with Gasteiger partial charge in [0.1, 0.15) is 0 Å². The molecule has 1 aliphatic carbocycles. The summed E-state index contributed by atoms with van der Waals surface area (Å²) in [5.74, 6) is 0.978. The maximum Gasteiger partial charge on any atom is 0.0892 e. The molecule has 2 aromatic rings. The topological polar surface area (TPSA) is 42.2 Å². The molecule has 0 saturated heterocycles. The molecule has 102 valence electrons. The third kappa shape index (κ3) is 2.95. The summed E-state index contributed by atoms with van der Waals surface area (Å²) >= 11 is 0. The van der Waals surface area contributed by atoms with Gasteiger partial charge in [-0.2, -0.15) is 5.10 Å². The fraction of sp³-hybridized carbons (Fsp3) is 0.600. The minimum atomic E-state index is 0.419. The summed E-state index contributed by atoms with van der Waals surface area (Å²) in [5, 5.41) is 8.09. The average Bonchev–Trinajstić information content (AvgIpc) is 3.18. The van der Waals surface area contributed by atoms with Crippen molar-refractivity contribution in [1.29, 1.82) is 0 Å². The molecule has 1 fully saturated rings. The Morgan fingerprint density at radius 3 is 3.11 bits per heavy atom. The van der Waals surface area contributed by atoms with Crippen LogP contribution in [0.15, 0.2) is 24.8 Å². The number of aromatic nitrogens is 3. The second-order valence-electron chi connectivity index (χ2n) is 5.53. The van der Waals surface area contributed by atoms with E-state index >= 15 is 0 Å². The number of nitrogens with one attached hydrogen (secondary N) is 1. The van der Waals surface area contributed by atoms with E-state index < -0.39 is 0 Å². The van der Waals surface area contributed by atoms with Crippen LogP contribution in [0.5, 0.6) is 0 Å². The van der Waals surface area contributed by atoms with Crippen molar-refractivity contribution in [2.24, 2.45) is 5.92 Å². The molecule has 2 heterocycles. The molecule has 1 N–H and O–H groups in total. The van der Waals surface area contributed by atoms with E-state index in [1.165, 1.54) is 31.2 Å². The molecule has 3 rings (SSSR count). The highest BCUT2D eigenvalue weighted by molar-refractivity contribution is 5.53. The van der Waals surface area contributed by atoms with Crippen molar-refractivity contribution in [2.75, 3.05) is 6.54 Å². The van der Waals surface area contributed by atoms with Crippen LogP contribution in [0, 0.1) is 5.92 Å². The molecular formula is C15H22N4. The maximum atomic E-state index is 4.43. The summed E-state index contributed by atoms with van der Waals surface area (Å²) in [4.78, 5) is 4.23. The molecular weight excluding hydrogens is 236 g/mol. The summed E-state index contributed by atoms with van der Waals surface area (Å²) in [7, 11) is 0. The molecule has 1 unspecified atom stereocenters. The Kier molecular flexibility index (Phi) is 3.78. The molecule has 4 heteroatoms. The fourth-order valence-electron chi connectivity index (χ4n) is 2.62. The Bertz CT molecular complexity index is 530. The van der Waals surface area contributed by atoms with Gasteiger partial charge in [0.05, 0.1) is 17.9 Å². The van der Waals surface area contributed by atoms with E-state index in [1.54, 1.807) is 6.20 Å². The van der Waals surface area contributed by atoms with Crippen LogP contribution >= 0.6 is 0 Å². The van der Waals surface area contributed by atoms with Gasteiger partial charge >= 0.3 is 0 Å². The molecule has 1 saturated carbocycles. The first-order valence-corrected chi connectivity index (χ1v) is 7.39. The summed E-state index contributed by atoms with van der Waals surface area (Å²) in [6.07, 6.45) is 14.2. The Hall–Kier alpha value is -1.42. The molecule has 0 radical (unpaired) electrons. The number of hydrogen-bond acceptors (Lipinski definition) is 3. The minimum absolute atomic E-state index is 0.419. The normalized spacial score (nSPS) is 16.9. The molecule has 4 nitrogen and oxygen atoms in total. The Balaban J connectivity index is 1.79. The Morgan fingerprint density at radius 1 is 1.42 bits per heavy atom. The highest BCUT2D eigenvalue weighted by atomic mass is 15.2. The van der Waals surface area contributed by atoms with E-state index in [4.69, 9.17) is 0 Å². The first kappa shape index (κ1) is 12.6. The summed E-state index contributed by atoms with van der Waals surface area (Å²) < 4.78 is 1.92. The minimum Gasteiger partial charge on any atom is -0.310 e. The van der Waals surface area contributed by atoms with E-state index in [0.717, 1.165) is 24.4 Å². The first-order chi connectivity index (χ1) is 9.38. The third-order valence-corrected chi connectivity index (χ3v) is 3.93. The zero-order chi connectivity index (χ0) is 13.1. The van der Waals surface area contributed by atoms with E-state index in [0.29, 0.717) is 6.04 Å². The Morgan fingerprint density at radius 2 is 2.32 bits per heavy atom. The first-order valence-electron chi connectivity index (χ1n) is 7.39. The SMILES string of the molecule is CCCNC(CCC1CC1)c1cnn2ccncc12. The van der Waals surface area contributed by atoms with E-state index in [1.807, 2.05) is 23.1 Å². The van der Waals surface area contributed by atoms with Gasteiger partial charge in [0.25, 0.3) is 0 Å². The van der Waals surface area contributed by atoms with Gasteiger partial charge in [0.15, 0.2) is 0 Å². The molecule has 2 aromatic heterocycles. The Labute approximate surface area is 114 Å². The van der Waals surface area contributed by atoms with E-state index in [9.17, 15) is 0 Å². The molecule has 0 bridgehead atoms. The smallest absolute Gasteiger partial charge is 0.0892 e. The van der Waals surface area contributed by atoms with Gasteiger partial charge in [-0.15, -0.1) is 0 Å². The lowest BCUT2D eigenvalue weighted by Gasteiger charge is -2.17. The molecule has 1 aliphatic rings. The van der Waals surface area contributed by atoms with Crippen LogP contribution in [0.25, 0.3) is 5.52 Å². The fourth-order valence-corrected chi connectivity index (χ4v) is 2.62. The molecule has 0 aliphatic heterocycles.